The Bertz CT molecular complexity index is 544. The number of hydrogen-bond acceptors (Lipinski definition) is 1. The highest BCUT2D eigenvalue weighted by Gasteiger charge is 2.04. The maximum absolute atomic E-state index is 11.9. The van der Waals surface area contributed by atoms with Crippen molar-refractivity contribution in [3.05, 3.63) is 68.6 Å². The second-order valence-electron chi connectivity index (χ2n) is 4.47. The van der Waals surface area contributed by atoms with Gasteiger partial charge < -0.3 is 0 Å². The van der Waals surface area contributed by atoms with E-state index in [9.17, 15) is 4.79 Å². The monoisotopic (exact) mass is 380 g/mol. The summed E-state index contributed by atoms with van der Waals surface area (Å²) in [7, 11) is 0. The number of carbonyl (C=O) groups excluding carboxylic acids is 1. The second-order valence-corrected chi connectivity index (χ2v) is 6.30. The molecule has 2 rings (SSSR count). The summed E-state index contributed by atoms with van der Waals surface area (Å²) in [5.74, 6) is 0.283. The molecule has 0 atom stereocenters. The minimum Gasteiger partial charge on any atom is -0.299 e. The van der Waals surface area contributed by atoms with Crippen LogP contribution in [0.5, 0.6) is 0 Å². The first-order valence-corrected chi connectivity index (χ1v) is 7.73. The molecule has 0 aliphatic carbocycles. The SMILES string of the molecule is O=C(CCc1ccc(Br)cc1)Cc1ccc(Br)cc1. The van der Waals surface area contributed by atoms with Crippen LogP contribution in [0.1, 0.15) is 17.5 Å². The minimum absolute atomic E-state index is 0.283. The quantitative estimate of drug-likeness (QED) is 0.715. The summed E-state index contributed by atoms with van der Waals surface area (Å²) in [6.07, 6.45) is 1.92. The summed E-state index contributed by atoms with van der Waals surface area (Å²) in [5, 5.41) is 0. The number of benzene rings is 2. The van der Waals surface area contributed by atoms with Gasteiger partial charge in [0.1, 0.15) is 5.78 Å². The predicted octanol–water partition coefficient (Wildman–Crippen LogP) is 4.96. The van der Waals surface area contributed by atoms with E-state index in [0.717, 1.165) is 20.9 Å². The van der Waals surface area contributed by atoms with E-state index in [4.69, 9.17) is 0 Å². The fourth-order valence-electron chi connectivity index (χ4n) is 1.85. The van der Waals surface area contributed by atoms with Gasteiger partial charge in [0.2, 0.25) is 0 Å². The summed E-state index contributed by atoms with van der Waals surface area (Å²) < 4.78 is 2.11. The number of ketones is 1. The molecular formula is C16H14Br2O. The largest absolute Gasteiger partial charge is 0.299 e. The molecule has 0 N–H and O–H groups in total. The van der Waals surface area contributed by atoms with Crippen LogP contribution in [0.4, 0.5) is 0 Å². The molecule has 0 fully saturated rings. The Morgan fingerprint density at radius 3 is 1.79 bits per heavy atom. The van der Waals surface area contributed by atoms with Gasteiger partial charge in [-0.15, -0.1) is 0 Å². The molecule has 98 valence electrons. The van der Waals surface area contributed by atoms with Crippen molar-refractivity contribution in [3.8, 4) is 0 Å². The van der Waals surface area contributed by atoms with Crippen molar-refractivity contribution in [2.24, 2.45) is 0 Å². The van der Waals surface area contributed by atoms with Crippen molar-refractivity contribution in [2.75, 3.05) is 0 Å². The fourth-order valence-corrected chi connectivity index (χ4v) is 2.38. The van der Waals surface area contributed by atoms with E-state index in [1.807, 2.05) is 36.4 Å². The molecule has 0 bridgehead atoms. The van der Waals surface area contributed by atoms with E-state index < -0.39 is 0 Å². The third-order valence-electron chi connectivity index (χ3n) is 2.92. The molecular weight excluding hydrogens is 368 g/mol. The van der Waals surface area contributed by atoms with Crippen LogP contribution >= 0.6 is 31.9 Å². The molecule has 19 heavy (non-hydrogen) atoms. The van der Waals surface area contributed by atoms with Crippen LogP contribution in [-0.2, 0) is 17.6 Å². The van der Waals surface area contributed by atoms with Crippen molar-refractivity contribution in [3.63, 3.8) is 0 Å². The second kappa shape index (κ2) is 7.01. The third-order valence-corrected chi connectivity index (χ3v) is 3.98. The molecule has 1 nitrogen and oxygen atoms in total. The summed E-state index contributed by atoms with van der Waals surface area (Å²) in [4.78, 5) is 11.9. The lowest BCUT2D eigenvalue weighted by molar-refractivity contribution is -0.118. The van der Waals surface area contributed by atoms with Crippen LogP contribution in [0.15, 0.2) is 57.5 Å². The number of halogens is 2. The predicted molar refractivity (Wildman–Crippen MR) is 85.3 cm³/mol. The number of Topliss-reactive ketones (excluding diaryl/α,β-unsaturated/α-hetero) is 1. The van der Waals surface area contributed by atoms with Crippen LogP contribution in [0.25, 0.3) is 0 Å². The maximum atomic E-state index is 11.9. The minimum atomic E-state index is 0.283. The zero-order valence-electron chi connectivity index (χ0n) is 10.4. The smallest absolute Gasteiger partial charge is 0.137 e. The Kier molecular flexibility index (Phi) is 5.34. The molecule has 0 saturated heterocycles. The Balaban J connectivity index is 1.84. The Labute approximate surface area is 130 Å². The van der Waals surface area contributed by atoms with E-state index in [0.29, 0.717) is 12.8 Å². The molecule has 0 amide bonds. The summed E-state index contributed by atoms with van der Waals surface area (Å²) >= 11 is 6.79. The van der Waals surface area contributed by atoms with E-state index >= 15 is 0 Å². The molecule has 0 unspecified atom stereocenters. The topological polar surface area (TPSA) is 17.1 Å². The van der Waals surface area contributed by atoms with E-state index in [2.05, 4.69) is 44.0 Å². The highest BCUT2D eigenvalue weighted by Crippen LogP contribution is 2.14. The van der Waals surface area contributed by atoms with Gasteiger partial charge in [-0.3, -0.25) is 4.79 Å². The Morgan fingerprint density at radius 2 is 1.26 bits per heavy atom. The lowest BCUT2D eigenvalue weighted by Gasteiger charge is -2.03. The maximum Gasteiger partial charge on any atom is 0.137 e. The first kappa shape index (κ1) is 14.5. The van der Waals surface area contributed by atoms with Gasteiger partial charge in [-0.05, 0) is 41.8 Å². The molecule has 0 spiro atoms. The first-order valence-electron chi connectivity index (χ1n) is 6.14. The molecule has 0 saturated carbocycles. The fraction of sp³-hybridized carbons (Fsp3) is 0.188. The van der Waals surface area contributed by atoms with Crippen molar-refractivity contribution < 1.29 is 4.79 Å². The lowest BCUT2D eigenvalue weighted by atomic mass is 10.0. The van der Waals surface area contributed by atoms with E-state index in [1.54, 1.807) is 0 Å². The first-order chi connectivity index (χ1) is 9.13. The number of rotatable bonds is 5. The van der Waals surface area contributed by atoms with Crippen molar-refractivity contribution in [1.29, 1.82) is 0 Å². The Hall–Kier alpha value is -0.930. The molecule has 0 aliphatic rings. The van der Waals surface area contributed by atoms with Gasteiger partial charge in [0, 0.05) is 21.8 Å². The summed E-state index contributed by atoms with van der Waals surface area (Å²) in [6, 6.07) is 16.0. The number of hydrogen-bond donors (Lipinski definition) is 0. The van der Waals surface area contributed by atoms with Gasteiger partial charge in [0.05, 0.1) is 0 Å². The van der Waals surface area contributed by atoms with Crippen LogP contribution in [0.3, 0.4) is 0 Å². The van der Waals surface area contributed by atoms with Gasteiger partial charge in [0.15, 0.2) is 0 Å². The molecule has 0 radical (unpaired) electrons. The average molecular weight is 382 g/mol. The Morgan fingerprint density at radius 1 is 0.789 bits per heavy atom. The van der Waals surface area contributed by atoms with Gasteiger partial charge in [-0.25, -0.2) is 0 Å². The van der Waals surface area contributed by atoms with Crippen LogP contribution < -0.4 is 0 Å². The molecule has 2 aromatic carbocycles. The van der Waals surface area contributed by atoms with Gasteiger partial charge in [-0.2, -0.15) is 0 Å². The summed E-state index contributed by atoms with van der Waals surface area (Å²) in [6.45, 7) is 0. The highest BCUT2D eigenvalue weighted by molar-refractivity contribution is 9.10. The van der Waals surface area contributed by atoms with Crippen LogP contribution in [-0.4, -0.2) is 5.78 Å². The molecule has 3 heteroatoms. The molecule has 0 heterocycles. The zero-order chi connectivity index (χ0) is 13.7. The zero-order valence-corrected chi connectivity index (χ0v) is 13.6. The molecule has 0 aromatic heterocycles. The molecule has 2 aromatic rings. The van der Waals surface area contributed by atoms with E-state index in [1.165, 1.54) is 5.56 Å². The lowest BCUT2D eigenvalue weighted by Crippen LogP contribution is -2.04. The van der Waals surface area contributed by atoms with Crippen molar-refractivity contribution in [2.45, 2.75) is 19.3 Å². The van der Waals surface area contributed by atoms with Gasteiger partial charge in [-0.1, -0.05) is 56.1 Å². The van der Waals surface area contributed by atoms with Gasteiger partial charge in [0.25, 0.3) is 0 Å². The highest BCUT2D eigenvalue weighted by atomic mass is 79.9. The van der Waals surface area contributed by atoms with E-state index in [-0.39, 0.29) is 5.78 Å². The number of aryl methyl sites for hydroxylation is 1. The van der Waals surface area contributed by atoms with Crippen molar-refractivity contribution in [1.82, 2.24) is 0 Å². The van der Waals surface area contributed by atoms with Crippen LogP contribution in [0.2, 0.25) is 0 Å². The summed E-state index contributed by atoms with van der Waals surface area (Å²) in [5.41, 5.74) is 2.27. The third kappa shape index (κ3) is 4.92. The van der Waals surface area contributed by atoms with Crippen molar-refractivity contribution >= 4 is 37.6 Å². The standard InChI is InChI=1S/C16H14Br2O/c17-14-6-1-12(2-7-14)5-10-16(19)11-13-3-8-15(18)9-4-13/h1-4,6-9H,5,10-11H2. The van der Waals surface area contributed by atoms with Gasteiger partial charge >= 0.3 is 0 Å². The molecule has 0 aliphatic heterocycles. The normalized spacial score (nSPS) is 10.4. The number of carbonyl (C=O) groups is 1. The van der Waals surface area contributed by atoms with Crippen LogP contribution in [0, 0.1) is 0 Å². The average Bonchev–Trinajstić information content (AvgIpc) is 2.41.